The molecule has 0 aliphatic carbocycles. The Morgan fingerprint density at radius 2 is 1.83 bits per heavy atom. The second-order valence-corrected chi connectivity index (χ2v) is 4.43. The molecule has 0 aromatic rings. The summed E-state index contributed by atoms with van der Waals surface area (Å²) in [7, 11) is 0. The molecule has 6 heteroatoms. The Labute approximate surface area is 106 Å². The summed E-state index contributed by atoms with van der Waals surface area (Å²) >= 11 is 0. The molecule has 2 rings (SSSR count). The summed E-state index contributed by atoms with van der Waals surface area (Å²) in [5.74, 6) is -0.237. The summed E-state index contributed by atoms with van der Waals surface area (Å²) in [6, 6.07) is 0. The van der Waals surface area contributed by atoms with Crippen molar-refractivity contribution in [2.45, 2.75) is 51.1 Å². The second kappa shape index (κ2) is 6.47. The first-order chi connectivity index (χ1) is 8.76. The Kier molecular flexibility index (Phi) is 4.94. The fraction of sp³-hybridized carbons (Fsp3) is 0.917. The van der Waals surface area contributed by atoms with Gasteiger partial charge >= 0.3 is 5.97 Å². The largest absolute Gasteiger partial charge is 0.457 e. The number of hydrogen-bond donors (Lipinski definition) is 0. The van der Waals surface area contributed by atoms with Gasteiger partial charge in [-0.25, -0.2) is 9.78 Å². The average Bonchev–Trinajstić information content (AvgIpc) is 2.94. The van der Waals surface area contributed by atoms with Gasteiger partial charge in [0.25, 0.3) is 0 Å². The van der Waals surface area contributed by atoms with Gasteiger partial charge in [0.15, 0.2) is 6.10 Å². The van der Waals surface area contributed by atoms with Crippen LogP contribution in [0.25, 0.3) is 0 Å². The van der Waals surface area contributed by atoms with Crippen LogP contribution in [0.3, 0.4) is 0 Å². The first kappa shape index (κ1) is 13.7. The van der Waals surface area contributed by atoms with Crippen LogP contribution < -0.4 is 0 Å². The molecule has 0 bridgehead atoms. The quantitative estimate of drug-likeness (QED) is 0.305. The van der Waals surface area contributed by atoms with E-state index in [1.807, 2.05) is 6.92 Å². The van der Waals surface area contributed by atoms with Crippen LogP contribution in [0.1, 0.15) is 26.7 Å². The number of rotatable bonds is 6. The Bertz CT molecular complexity index is 282. The van der Waals surface area contributed by atoms with E-state index in [1.54, 1.807) is 6.92 Å². The van der Waals surface area contributed by atoms with E-state index in [-0.39, 0.29) is 30.4 Å². The maximum Gasteiger partial charge on any atom is 0.305 e. The summed E-state index contributed by atoms with van der Waals surface area (Å²) in [5, 5.41) is 0. The van der Waals surface area contributed by atoms with E-state index in [9.17, 15) is 4.79 Å². The number of carbonyl (C=O) groups excluding carboxylic acids is 1. The van der Waals surface area contributed by atoms with E-state index in [1.165, 1.54) is 0 Å². The molecule has 6 nitrogen and oxygen atoms in total. The molecule has 2 fully saturated rings. The van der Waals surface area contributed by atoms with E-state index in [4.69, 9.17) is 24.0 Å². The van der Waals surface area contributed by atoms with Gasteiger partial charge < -0.3 is 14.2 Å². The Morgan fingerprint density at radius 1 is 1.17 bits per heavy atom. The average molecular weight is 260 g/mol. The summed E-state index contributed by atoms with van der Waals surface area (Å²) in [6.45, 7) is 5.06. The summed E-state index contributed by atoms with van der Waals surface area (Å²) < 4.78 is 16.4. The Morgan fingerprint density at radius 3 is 2.50 bits per heavy atom. The number of ether oxygens (including phenoxy) is 3. The van der Waals surface area contributed by atoms with E-state index < -0.39 is 0 Å². The van der Waals surface area contributed by atoms with Crippen LogP contribution in [0.15, 0.2) is 0 Å². The molecule has 0 radical (unpaired) electrons. The van der Waals surface area contributed by atoms with E-state index >= 15 is 0 Å². The monoisotopic (exact) mass is 260 g/mol. The maximum atomic E-state index is 11.3. The van der Waals surface area contributed by atoms with Crippen molar-refractivity contribution in [1.82, 2.24) is 0 Å². The zero-order valence-corrected chi connectivity index (χ0v) is 10.8. The highest BCUT2D eigenvalue weighted by atomic mass is 17.2. The Balaban J connectivity index is 1.81. The molecular weight excluding hydrogens is 240 g/mol. The second-order valence-electron chi connectivity index (χ2n) is 4.43. The molecule has 2 aliphatic rings. The molecular formula is C12H20O6. The molecule has 2 heterocycles. The van der Waals surface area contributed by atoms with Crippen LogP contribution in [0.4, 0.5) is 0 Å². The highest BCUT2D eigenvalue weighted by Crippen LogP contribution is 2.30. The zero-order valence-electron chi connectivity index (χ0n) is 10.8. The molecule has 0 amide bonds. The minimum absolute atomic E-state index is 0.212. The van der Waals surface area contributed by atoms with Gasteiger partial charge in [-0.2, -0.15) is 0 Å². The molecule has 18 heavy (non-hydrogen) atoms. The lowest BCUT2D eigenvalue weighted by Crippen LogP contribution is -2.35. The van der Waals surface area contributed by atoms with Crippen LogP contribution in [0.5, 0.6) is 0 Å². The number of esters is 1. The predicted molar refractivity (Wildman–Crippen MR) is 60.8 cm³/mol. The number of fused-ring (bicyclic) bond motifs is 1. The van der Waals surface area contributed by atoms with Crippen LogP contribution in [-0.2, 0) is 28.8 Å². The molecule has 104 valence electrons. The van der Waals surface area contributed by atoms with E-state index in [0.29, 0.717) is 26.2 Å². The standard InChI is InChI=1S/C12H20O6/c1-3-5-16-18-9-7-15-11-8(6-14-12(9)11)17-10(13)4-2/h8-9,11-12H,3-7H2,1-2H3/t8?,9-,11-,12-/m0/s1. The fourth-order valence-electron chi connectivity index (χ4n) is 2.08. The smallest absolute Gasteiger partial charge is 0.305 e. The van der Waals surface area contributed by atoms with E-state index in [2.05, 4.69) is 0 Å². The van der Waals surface area contributed by atoms with Gasteiger partial charge in [0.1, 0.15) is 18.3 Å². The molecule has 0 aromatic heterocycles. The molecule has 0 aromatic carbocycles. The van der Waals surface area contributed by atoms with Crippen LogP contribution in [-0.4, -0.2) is 50.2 Å². The third kappa shape index (κ3) is 3.00. The summed E-state index contributed by atoms with van der Waals surface area (Å²) in [5.41, 5.74) is 0. The van der Waals surface area contributed by atoms with Gasteiger partial charge in [-0.1, -0.05) is 13.8 Å². The van der Waals surface area contributed by atoms with E-state index in [0.717, 1.165) is 6.42 Å². The molecule has 0 spiro atoms. The SMILES string of the molecule is CCCOO[C@H]1CO[C@H]2C(OC(=O)CC)CO[C@@H]12. The van der Waals surface area contributed by atoms with Crippen molar-refractivity contribution in [3.8, 4) is 0 Å². The topological polar surface area (TPSA) is 63.2 Å². The molecule has 0 N–H and O–H groups in total. The summed E-state index contributed by atoms with van der Waals surface area (Å²) in [4.78, 5) is 21.6. The molecule has 4 atom stereocenters. The lowest BCUT2D eigenvalue weighted by atomic mass is 10.1. The third-order valence-electron chi connectivity index (χ3n) is 3.01. The van der Waals surface area contributed by atoms with Crippen LogP contribution in [0.2, 0.25) is 0 Å². The van der Waals surface area contributed by atoms with Gasteiger partial charge in [0.05, 0.1) is 19.8 Å². The van der Waals surface area contributed by atoms with Crippen molar-refractivity contribution >= 4 is 5.97 Å². The van der Waals surface area contributed by atoms with Crippen LogP contribution in [0, 0.1) is 0 Å². The molecule has 2 saturated heterocycles. The minimum atomic E-state index is -0.331. The van der Waals surface area contributed by atoms with Gasteiger partial charge in [0.2, 0.25) is 0 Å². The molecule has 0 saturated carbocycles. The van der Waals surface area contributed by atoms with Gasteiger partial charge in [-0.3, -0.25) is 4.79 Å². The first-order valence-electron chi connectivity index (χ1n) is 6.47. The summed E-state index contributed by atoms with van der Waals surface area (Å²) in [6.07, 6.45) is 0.216. The lowest BCUT2D eigenvalue weighted by Gasteiger charge is -2.16. The number of hydrogen-bond acceptors (Lipinski definition) is 6. The zero-order chi connectivity index (χ0) is 13.0. The van der Waals surface area contributed by atoms with Crippen molar-refractivity contribution in [3.63, 3.8) is 0 Å². The highest BCUT2D eigenvalue weighted by molar-refractivity contribution is 5.69. The van der Waals surface area contributed by atoms with Gasteiger partial charge in [0, 0.05) is 6.42 Å². The van der Waals surface area contributed by atoms with Crippen molar-refractivity contribution in [3.05, 3.63) is 0 Å². The molecule has 1 unspecified atom stereocenters. The predicted octanol–water partition coefficient (Wildman–Crippen LogP) is 0.833. The first-order valence-corrected chi connectivity index (χ1v) is 6.47. The van der Waals surface area contributed by atoms with Gasteiger partial charge in [-0.05, 0) is 6.42 Å². The normalized spacial score (nSPS) is 34.6. The highest BCUT2D eigenvalue weighted by Gasteiger charge is 2.50. The molecule has 2 aliphatic heterocycles. The minimum Gasteiger partial charge on any atom is -0.457 e. The number of carbonyl (C=O) groups is 1. The van der Waals surface area contributed by atoms with Crippen molar-refractivity contribution in [1.29, 1.82) is 0 Å². The van der Waals surface area contributed by atoms with Gasteiger partial charge in [-0.15, -0.1) is 0 Å². The maximum absolute atomic E-state index is 11.3. The fourth-order valence-corrected chi connectivity index (χ4v) is 2.08. The van der Waals surface area contributed by atoms with Crippen molar-refractivity contribution < 1.29 is 28.8 Å². The lowest BCUT2D eigenvalue weighted by molar-refractivity contribution is -0.333. The Hall–Kier alpha value is -0.690. The van der Waals surface area contributed by atoms with Crippen molar-refractivity contribution in [2.24, 2.45) is 0 Å². The third-order valence-corrected chi connectivity index (χ3v) is 3.01. The van der Waals surface area contributed by atoms with Crippen LogP contribution >= 0.6 is 0 Å². The van der Waals surface area contributed by atoms with Crippen molar-refractivity contribution in [2.75, 3.05) is 19.8 Å².